The molecule has 2 N–H and O–H groups in total. The van der Waals surface area contributed by atoms with Crippen LogP contribution < -0.4 is 5.73 Å². The quantitative estimate of drug-likeness (QED) is 0.773. The van der Waals surface area contributed by atoms with E-state index in [1.807, 2.05) is 0 Å². The minimum Gasteiger partial charge on any atom is -0.325 e. The van der Waals surface area contributed by atoms with Crippen LogP contribution in [0.4, 0.5) is 0 Å². The molecule has 15 heavy (non-hydrogen) atoms. The second kappa shape index (κ2) is 3.32. The topological polar surface area (TPSA) is 47.1 Å². The van der Waals surface area contributed by atoms with E-state index in [1.54, 1.807) is 0 Å². The van der Waals surface area contributed by atoms with Crippen LogP contribution in [0.25, 0.3) is 0 Å². The summed E-state index contributed by atoms with van der Waals surface area (Å²) in [5.41, 5.74) is 9.74. The van der Waals surface area contributed by atoms with E-state index in [0.29, 0.717) is 12.6 Å². The molecule has 1 aliphatic carbocycles. The molecular formula is C11H18N4. The first-order valence-electron chi connectivity index (χ1n) is 5.77. The second-order valence-corrected chi connectivity index (χ2v) is 4.74. The van der Waals surface area contributed by atoms with Gasteiger partial charge in [0.05, 0.1) is 17.4 Å². The highest BCUT2D eigenvalue weighted by molar-refractivity contribution is 5.29. The maximum Gasteiger partial charge on any atom is 0.0796 e. The summed E-state index contributed by atoms with van der Waals surface area (Å²) >= 11 is 0. The van der Waals surface area contributed by atoms with Gasteiger partial charge in [0, 0.05) is 25.2 Å². The molecule has 2 aliphatic rings. The van der Waals surface area contributed by atoms with Gasteiger partial charge in [0.15, 0.2) is 0 Å². The van der Waals surface area contributed by atoms with Gasteiger partial charge in [0.1, 0.15) is 0 Å². The first kappa shape index (κ1) is 9.36. The Kier molecular flexibility index (Phi) is 2.07. The van der Waals surface area contributed by atoms with E-state index in [9.17, 15) is 0 Å². The Labute approximate surface area is 90.0 Å². The Morgan fingerprint density at radius 3 is 2.93 bits per heavy atom. The van der Waals surface area contributed by atoms with Crippen molar-refractivity contribution in [3.63, 3.8) is 0 Å². The van der Waals surface area contributed by atoms with Gasteiger partial charge in [-0.1, -0.05) is 0 Å². The summed E-state index contributed by atoms with van der Waals surface area (Å²) in [6.45, 7) is 2.76. The Morgan fingerprint density at radius 1 is 1.47 bits per heavy atom. The van der Waals surface area contributed by atoms with E-state index in [4.69, 9.17) is 5.73 Å². The molecule has 0 amide bonds. The van der Waals surface area contributed by atoms with Gasteiger partial charge >= 0.3 is 0 Å². The van der Waals surface area contributed by atoms with E-state index in [1.165, 1.54) is 24.1 Å². The lowest BCUT2D eigenvalue weighted by molar-refractivity contribution is 0.300. The second-order valence-electron chi connectivity index (χ2n) is 4.74. The molecule has 3 rings (SSSR count). The Morgan fingerprint density at radius 2 is 2.27 bits per heavy atom. The molecule has 0 aromatic carbocycles. The molecule has 2 heterocycles. The van der Waals surface area contributed by atoms with Crippen molar-refractivity contribution in [3.05, 3.63) is 17.0 Å². The third-order valence-electron chi connectivity index (χ3n) is 3.45. The molecule has 1 fully saturated rings. The lowest BCUT2D eigenvalue weighted by atomic mass is 10.0. The van der Waals surface area contributed by atoms with Crippen molar-refractivity contribution in [2.45, 2.75) is 38.4 Å². The van der Waals surface area contributed by atoms with Gasteiger partial charge in [-0.2, -0.15) is 5.10 Å². The van der Waals surface area contributed by atoms with Gasteiger partial charge < -0.3 is 10.6 Å². The van der Waals surface area contributed by atoms with Crippen molar-refractivity contribution in [2.75, 3.05) is 13.6 Å². The predicted molar refractivity (Wildman–Crippen MR) is 58.4 cm³/mol. The standard InChI is InChI=1S/C11H18N4/c1-14-5-4-9-10(6-12)13-15(8-2-3-8)11(9)7-14/h8H,2-7,12H2,1H3. The van der Waals surface area contributed by atoms with Gasteiger partial charge in [-0.15, -0.1) is 0 Å². The summed E-state index contributed by atoms with van der Waals surface area (Å²) in [4.78, 5) is 2.36. The number of fused-ring (bicyclic) bond motifs is 1. The average molecular weight is 206 g/mol. The van der Waals surface area contributed by atoms with Gasteiger partial charge in [-0.3, -0.25) is 4.68 Å². The van der Waals surface area contributed by atoms with Gasteiger partial charge in [0.25, 0.3) is 0 Å². The zero-order valence-corrected chi connectivity index (χ0v) is 9.24. The zero-order chi connectivity index (χ0) is 10.4. The molecule has 0 saturated heterocycles. The summed E-state index contributed by atoms with van der Waals surface area (Å²) < 4.78 is 2.24. The molecule has 0 atom stereocenters. The third kappa shape index (κ3) is 1.48. The van der Waals surface area contributed by atoms with Gasteiger partial charge in [0.2, 0.25) is 0 Å². The molecule has 0 radical (unpaired) electrons. The van der Waals surface area contributed by atoms with Crippen LogP contribution in [-0.4, -0.2) is 28.3 Å². The van der Waals surface area contributed by atoms with Crippen molar-refractivity contribution < 1.29 is 0 Å². The fraction of sp³-hybridized carbons (Fsp3) is 0.727. The van der Waals surface area contributed by atoms with Crippen LogP contribution in [0, 0.1) is 0 Å². The number of hydrogen-bond acceptors (Lipinski definition) is 3. The van der Waals surface area contributed by atoms with Gasteiger partial charge in [-0.25, -0.2) is 0 Å². The molecule has 0 spiro atoms. The predicted octanol–water partition coefficient (Wildman–Crippen LogP) is 0.665. The summed E-state index contributed by atoms with van der Waals surface area (Å²) in [6.07, 6.45) is 3.70. The normalized spacial score (nSPS) is 21.7. The maximum absolute atomic E-state index is 5.75. The molecule has 82 valence electrons. The lowest BCUT2D eigenvalue weighted by Gasteiger charge is -2.23. The largest absolute Gasteiger partial charge is 0.325 e. The first-order chi connectivity index (χ1) is 7.29. The van der Waals surface area contributed by atoms with E-state index in [0.717, 1.165) is 25.2 Å². The van der Waals surface area contributed by atoms with Crippen molar-refractivity contribution >= 4 is 0 Å². The number of hydrogen-bond donors (Lipinski definition) is 1. The molecule has 1 aliphatic heterocycles. The molecule has 4 heteroatoms. The van der Waals surface area contributed by atoms with E-state index in [-0.39, 0.29) is 0 Å². The third-order valence-corrected chi connectivity index (χ3v) is 3.45. The van der Waals surface area contributed by atoms with E-state index < -0.39 is 0 Å². The number of nitrogens with two attached hydrogens (primary N) is 1. The van der Waals surface area contributed by atoms with E-state index >= 15 is 0 Å². The SMILES string of the molecule is CN1CCc2c(CN)nn(C3CC3)c2C1. The number of nitrogens with zero attached hydrogens (tertiary/aromatic N) is 3. The lowest BCUT2D eigenvalue weighted by Crippen LogP contribution is -2.28. The van der Waals surface area contributed by atoms with Crippen LogP contribution in [0.5, 0.6) is 0 Å². The van der Waals surface area contributed by atoms with Crippen molar-refractivity contribution in [1.29, 1.82) is 0 Å². The van der Waals surface area contributed by atoms with Crippen LogP contribution in [0.3, 0.4) is 0 Å². The number of likely N-dealkylation sites (N-methyl/N-ethyl adjacent to an activating group) is 1. The number of rotatable bonds is 2. The Balaban J connectivity index is 2.04. The smallest absolute Gasteiger partial charge is 0.0796 e. The summed E-state index contributed by atoms with van der Waals surface area (Å²) in [6, 6.07) is 0.672. The molecule has 0 bridgehead atoms. The molecule has 4 nitrogen and oxygen atoms in total. The van der Waals surface area contributed by atoms with Crippen molar-refractivity contribution in [2.24, 2.45) is 5.73 Å². The first-order valence-corrected chi connectivity index (χ1v) is 5.77. The van der Waals surface area contributed by atoms with Crippen LogP contribution in [-0.2, 0) is 19.5 Å². The molecule has 1 aromatic rings. The molecule has 1 aromatic heterocycles. The molecule has 1 saturated carbocycles. The number of aromatic nitrogens is 2. The maximum atomic E-state index is 5.75. The highest BCUT2D eigenvalue weighted by Crippen LogP contribution is 2.37. The fourth-order valence-corrected chi connectivity index (χ4v) is 2.43. The van der Waals surface area contributed by atoms with E-state index in [2.05, 4.69) is 21.7 Å². The van der Waals surface area contributed by atoms with Gasteiger partial charge in [-0.05, 0) is 26.3 Å². The molecular weight excluding hydrogens is 188 g/mol. The zero-order valence-electron chi connectivity index (χ0n) is 9.24. The fourth-order valence-electron chi connectivity index (χ4n) is 2.43. The average Bonchev–Trinajstić information content (AvgIpc) is 3.00. The van der Waals surface area contributed by atoms with Crippen molar-refractivity contribution in [3.8, 4) is 0 Å². The highest BCUT2D eigenvalue weighted by Gasteiger charge is 2.31. The minimum absolute atomic E-state index is 0.589. The summed E-state index contributed by atoms with van der Waals surface area (Å²) in [5.74, 6) is 0. The summed E-state index contributed by atoms with van der Waals surface area (Å²) in [7, 11) is 2.18. The highest BCUT2D eigenvalue weighted by atomic mass is 15.3. The van der Waals surface area contributed by atoms with Crippen LogP contribution in [0.2, 0.25) is 0 Å². The Bertz CT molecular complexity index is 378. The van der Waals surface area contributed by atoms with Crippen LogP contribution in [0.1, 0.15) is 35.8 Å². The van der Waals surface area contributed by atoms with Crippen molar-refractivity contribution in [1.82, 2.24) is 14.7 Å². The Hall–Kier alpha value is -0.870. The molecule has 0 unspecified atom stereocenters. The monoisotopic (exact) mass is 206 g/mol. The summed E-state index contributed by atoms with van der Waals surface area (Å²) in [5, 5.41) is 4.67. The van der Waals surface area contributed by atoms with Crippen LogP contribution in [0.15, 0.2) is 0 Å². The minimum atomic E-state index is 0.589. The van der Waals surface area contributed by atoms with Crippen LogP contribution >= 0.6 is 0 Å².